The van der Waals surface area contributed by atoms with Gasteiger partial charge in [-0.05, 0) is 62.4 Å². The summed E-state index contributed by atoms with van der Waals surface area (Å²) in [4.78, 5) is 34.7. The molecule has 2 saturated heterocycles. The van der Waals surface area contributed by atoms with E-state index < -0.39 is 0 Å². The van der Waals surface area contributed by atoms with Crippen molar-refractivity contribution in [2.24, 2.45) is 11.3 Å². The third-order valence-corrected chi connectivity index (χ3v) is 8.19. The van der Waals surface area contributed by atoms with E-state index in [0.717, 1.165) is 69.4 Å². The number of aromatic nitrogens is 1. The number of alkyl halides is 1. The number of halogens is 1. The molecule has 7 heteroatoms. The molecule has 1 aromatic carbocycles. The van der Waals surface area contributed by atoms with Crippen molar-refractivity contribution < 1.29 is 9.59 Å². The number of rotatable bonds is 10. The highest BCUT2D eigenvalue weighted by atomic mass is 35.5. The largest absolute Gasteiger partial charge is 0.349 e. The number of carbonyl (C=O) groups is 2. The summed E-state index contributed by atoms with van der Waals surface area (Å²) in [5, 5.41) is 3.24. The molecule has 6 nitrogen and oxygen atoms in total. The fourth-order valence-electron chi connectivity index (χ4n) is 5.40. The van der Waals surface area contributed by atoms with Crippen LogP contribution in [0.15, 0.2) is 54.9 Å². The Morgan fingerprint density at radius 1 is 1.11 bits per heavy atom. The normalized spacial score (nSPS) is 19.6. The van der Waals surface area contributed by atoms with E-state index >= 15 is 0 Å². The fourth-order valence-corrected chi connectivity index (χ4v) is 5.76. The second-order valence-corrected chi connectivity index (χ2v) is 10.3. The Labute approximate surface area is 214 Å². The van der Waals surface area contributed by atoms with Crippen LogP contribution in [-0.2, 0) is 16.1 Å². The van der Waals surface area contributed by atoms with Gasteiger partial charge in [0.25, 0.3) is 0 Å². The van der Waals surface area contributed by atoms with Crippen LogP contribution in [0.1, 0.15) is 56.2 Å². The van der Waals surface area contributed by atoms with Crippen LogP contribution < -0.4 is 5.32 Å². The molecule has 4 rings (SSSR count). The molecule has 188 valence electrons. The number of hydrogen-bond donors (Lipinski definition) is 1. The minimum absolute atomic E-state index is 0.0270. The summed E-state index contributed by atoms with van der Waals surface area (Å²) in [6, 6.07) is 14.1. The minimum Gasteiger partial charge on any atom is -0.349 e. The second kappa shape index (κ2) is 12.0. The van der Waals surface area contributed by atoms with Crippen LogP contribution >= 0.6 is 11.6 Å². The summed E-state index contributed by atoms with van der Waals surface area (Å²) in [6.45, 7) is 6.20. The van der Waals surface area contributed by atoms with Crippen LogP contribution in [0.25, 0.3) is 0 Å². The third kappa shape index (κ3) is 6.22. The highest BCUT2D eigenvalue weighted by molar-refractivity contribution is 6.19. The summed E-state index contributed by atoms with van der Waals surface area (Å²) in [6.07, 6.45) is 7.93. The first-order valence-electron chi connectivity index (χ1n) is 12.9. The van der Waals surface area contributed by atoms with Crippen molar-refractivity contribution in [3.63, 3.8) is 0 Å². The van der Waals surface area contributed by atoms with Gasteiger partial charge in [0.15, 0.2) is 0 Å². The van der Waals surface area contributed by atoms with Gasteiger partial charge in [0.05, 0.1) is 17.4 Å². The number of nitrogens with one attached hydrogen (secondary N) is 1. The minimum atomic E-state index is -0.208. The molecule has 2 aliphatic heterocycles. The lowest BCUT2D eigenvalue weighted by atomic mass is 9.77. The molecule has 2 aromatic rings. The number of piperidine rings is 1. The molecule has 2 fully saturated rings. The topological polar surface area (TPSA) is 65.5 Å². The van der Waals surface area contributed by atoms with Crippen molar-refractivity contribution in [3.8, 4) is 0 Å². The molecule has 35 heavy (non-hydrogen) atoms. The van der Waals surface area contributed by atoms with Gasteiger partial charge in [-0.2, -0.15) is 0 Å². The average Bonchev–Trinajstić information content (AvgIpc) is 3.19. The lowest BCUT2D eigenvalue weighted by Crippen LogP contribution is -2.45. The molecule has 0 bridgehead atoms. The van der Waals surface area contributed by atoms with E-state index in [1.807, 2.05) is 48.4 Å². The first-order valence-corrected chi connectivity index (χ1v) is 13.4. The van der Waals surface area contributed by atoms with Crippen LogP contribution in [0.2, 0.25) is 0 Å². The molecule has 1 N–H and O–H groups in total. The average molecular weight is 497 g/mol. The Balaban J connectivity index is 1.31. The van der Waals surface area contributed by atoms with E-state index in [1.54, 1.807) is 6.20 Å². The Hall–Kier alpha value is -2.44. The van der Waals surface area contributed by atoms with Gasteiger partial charge < -0.3 is 15.1 Å². The number of nitrogens with zero attached hydrogens (tertiary/aromatic N) is 3. The monoisotopic (exact) mass is 496 g/mol. The van der Waals surface area contributed by atoms with E-state index in [0.29, 0.717) is 18.3 Å². The Morgan fingerprint density at radius 3 is 2.51 bits per heavy atom. The van der Waals surface area contributed by atoms with Gasteiger partial charge >= 0.3 is 0 Å². The van der Waals surface area contributed by atoms with Crippen molar-refractivity contribution in [2.45, 2.75) is 51.6 Å². The summed E-state index contributed by atoms with van der Waals surface area (Å²) in [7, 11) is 0. The summed E-state index contributed by atoms with van der Waals surface area (Å²) in [5.41, 5.74) is 2.00. The summed E-state index contributed by atoms with van der Waals surface area (Å²) >= 11 is 6.01. The number of pyridine rings is 1. The van der Waals surface area contributed by atoms with Gasteiger partial charge in [-0.25, -0.2) is 0 Å². The molecule has 0 radical (unpaired) electrons. The van der Waals surface area contributed by atoms with Crippen LogP contribution in [-0.4, -0.2) is 58.7 Å². The molecule has 1 spiro atoms. The number of amides is 2. The van der Waals surface area contributed by atoms with E-state index in [2.05, 4.69) is 27.3 Å². The Kier molecular flexibility index (Phi) is 8.79. The van der Waals surface area contributed by atoms with Crippen molar-refractivity contribution >= 4 is 23.4 Å². The SMILES string of the molecule is CCC(CCl)C(=O)NC(CCN1CCC2(CC1)CCN(Cc1cccnc1)C2=O)c1ccccc1. The number of benzene rings is 1. The van der Waals surface area contributed by atoms with E-state index in [9.17, 15) is 9.59 Å². The highest BCUT2D eigenvalue weighted by Crippen LogP contribution is 2.42. The molecule has 2 aliphatic rings. The Morgan fingerprint density at radius 2 is 1.86 bits per heavy atom. The zero-order valence-corrected chi connectivity index (χ0v) is 21.4. The molecular weight excluding hydrogens is 460 g/mol. The summed E-state index contributed by atoms with van der Waals surface area (Å²) < 4.78 is 0. The molecule has 0 aliphatic carbocycles. The smallest absolute Gasteiger partial charge is 0.229 e. The van der Waals surface area contributed by atoms with Crippen molar-refractivity contribution in [1.29, 1.82) is 0 Å². The predicted octanol–water partition coefficient (Wildman–Crippen LogP) is 4.41. The molecule has 3 heterocycles. The lowest BCUT2D eigenvalue weighted by Gasteiger charge is -2.38. The van der Waals surface area contributed by atoms with Gasteiger partial charge in [-0.15, -0.1) is 11.6 Å². The number of hydrogen-bond acceptors (Lipinski definition) is 4. The molecule has 2 atom stereocenters. The van der Waals surface area contributed by atoms with E-state index in [1.165, 1.54) is 0 Å². The van der Waals surface area contributed by atoms with Crippen molar-refractivity contribution in [1.82, 2.24) is 20.1 Å². The van der Waals surface area contributed by atoms with Crippen LogP contribution in [0.5, 0.6) is 0 Å². The van der Waals surface area contributed by atoms with Gasteiger partial charge in [-0.3, -0.25) is 14.6 Å². The van der Waals surface area contributed by atoms with Crippen LogP contribution in [0.4, 0.5) is 0 Å². The quantitative estimate of drug-likeness (QED) is 0.495. The fraction of sp³-hybridized carbons (Fsp3) is 0.536. The molecule has 2 unspecified atom stereocenters. The summed E-state index contributed by atoms with van der Waals surface area (Å²) in [5.74, 6) is 0.506. The van der Waals surface area contributed by atoms with Gasteiger partial charge in [0.1, 0.15) is 0 Å². The van der Waals surface area contributed by atoms with Gasteiger partial charge in [-0.1, -0.05) is 43.3 Å². The first kappa shape index (κ1) is 25.6. The lowest BCUT2D eigenvalue weighted by molar-refractivity contribution is -0.139. The molecule has 1 aromatic heterocycles. The van der Waals surface area contributed by atoms with Crippen LogP contribution in [0, 0.1) is 11.3 Å². The standard InChI is InChI=1S/C28H37ClN4O2/c1-2-23(19-29)26(34)31-25(24-8-4-3-5-9-24)10-15-32-16-11-28(12-17-32)13-18-33(27(28)35)21-22-7-6-14-30-20-22/h3-9,14,20,23,25H,2,10-13,15-19,21H2,1H3,(H,31,34). The zero-order chi connectivity index (χ0) is 24.7. The van der Waals surface area contributed by atoms with Crippen molar-refractivity contribution in [2.75, 3.05) is 32.1 Å². The van der Waals surface area contributed by atoms with Gasteiger partial charge in [0, 0.05) is 37.9 Å². The highest BCUT2D eigenvalue weighted by Gasteiger charge is 2.47. The first-order chi connectivity index (χ1) is 17.0. The second-order valence-electron chi connectivity index (χ2n) is 9.98. The molecular formula is C28H37ClN4O2. The number of likely N-dealkylation sites (tertiary alicyclic amines) is 2. The van der Waals surface area contributed by atoms with Crippen molar-refractivity contribution in [3.05, 3.63) is 66.0 Å². The van der Waals surface area contributed by atoms with E-state index in [4.69, 9.17) is 11.6 Å². The van der Waals surface area contributed by atoms with Gasteiger partial charge in [0.2, 0.25) is 11.8 Å². The maximum atomic E-state index is 13.3. The molecule has 2 amide bonds. The predicted molar refractivity (Wildman–Crippen MR) is 139 cm³/mol. The van der Waals surface area contributed by atoms with Crippen LogP contribution in [0.3, 0.4) is 0 Å². The Bertz CT molecular complexity index is 959. The van der Waals surface area contributed by atoms with E-state index in [-0.39, 0.29) is 23.3 Å². The maximum Gasteiger partial charge on any atom is 0.229 e. The maximum absolute atomic E-state index is 13.3. The number of carbonyl (C=O) groups excluding carboxylic acids is 2. The zero-order valence-electron chi connectivity index (χ0n) is 20.7. The molecule has 0 saturated carbocycles. The third-order valence-electron chi connectivity index (χ3n) is 7.81.